The minimum Gasteiger partial charge on any atom is -0.356 e. The lowest BCUT2D eigenvalue weighted by molar-refractivity contribution is -0.0372. The lowest BCUT2D eigenvalue weighted by atomic mass is 10.2. The van der Waals surface area contributed by atoms with Gasteiger partial charge in [0.05, 0.1) is 10.9 Å². The maximum atomic E-state index is 5.84. The van der Waals surface area contributed by atoms with E-state index in [4.69, 9.17) is 4.74 Å². The molecule has 1 aliphatic rings. The van der Waals surface area contributed by atoms with Gasteiger partial charge >= 0.3 is 0 Å². The third-order valence-corrected chi connectivity index (χ3v) is 4.85. The number of hydrogen-bond donors (Lipinski definition) is 0. The number of ether oxygens (including phenoxy) is 1. The van der Waals surface area contributed by atoms with Crippen LogP contribution in [-0.4, -0.2) is 26.0 Å². The van der Waals surface area contributed by atoms with Crippen molar-refractivity contribution < 1.29 is 4.74 Å². The van der Waals surface area contributed by atoms with Crippen molar-refractivity contribution in [1.29, 1.82) is 0 Å². The van der Waals surface area contributed by atoms with E-state index in [2.05, 4.69) is 54.8 Å². The summed E-state index contributed by atoms with van der Waals surface area (Å²) in [6.45, 7) is 0.807. The quantitative estimate of drug-likeness (QED) is 0.535. The van der Waals surface area contributed by atoms with E-state index in [0.29, 0.717) is 0 Å². The molecule has 0 bridgehead atoms. The molecule has 1 fully saturated rings. The molecule has 0 radical (unpaired) electrons. The molecule has 104 valence electrons. The van der Waals surface area contributed by atoms with E-state index >= 15 is 0 Å². The Labute approximate surface area is 137 Å². The van der Waals surface area contributed by atoms with Crippen LogP contribution >= 0.6 is 38.5 Å². The van der Waals surface area contributed by atoms with E-state index in [1.807, 2.05) is 21.5 Å². The van der Waals surface area contributed by atoms with E-state index in [9.17, 15) is 0 Å². The third kappa shape index (κ3) is 1.98. The van der Waals surface area contributed by atoms with E-state index in [-0.39, 0.29) is 6.23 Å². The summed E-state index contributed by atoms with van der Waals surface area (Å²) in [4.78, 5) is 0. The fraction of sp³-hybridized carbons (Fsp3) is 0.385. The number of pyridine rings is 1. The monoisotopic (exact) mass is 446 g/mol. The summed E-state index contributed by atoms with van der Waals surface area (Å²) in [5, 5.41) is 10.4. The maximum Gasteiger partial charge on any atom is 0.184 e. The molecule has 5 nitrogen and oxygen atoms in total. The lowest BCUT2D eigenvalue weighted by Gasteiger charge is -2.22. The van der Waals surface area contributed by atoms with E-state index in [0.717, 1.165) is 44.2 Å². The van der Waals surface area contributed by atoms with Gasteiger partial charge in [-0.25, -0.2) is 9.20 Å². The molecule has 3 aromatic heterocycles. The molecule has 4 rings (SSSR count). The minimum absolute atomic E-state index is 0.0168. The summed E-state index contributed by atoms with van der Waals surface area (Å²) in [7, 11) is 0. The van der Waals surface area contributed by atoms with Crippen LogP contribution in [0.2, 0.25) is 0 Å². The molecule has 1 saturated heterocycles. The second kappa shape index (κ2) is 4.96. The zero-order chi connectivity index (χ0) is 13.7. The van der Waals surface area contributed by atoms with Gasteiger partial charge in [-0.2, -0.15) is 5.10 Å². The van der Waals surface area contributed by atoms with Gasteiger partial charge in [-0.05, 0) is 69.9 Å². The van der Waals surface area contributed by atoms with Crippen LogP contribution in [0, 0.1) is 3.70 Å². The summed E-state index contributed by atoms with van der Waals surface area (Å²) < 4.78 is 11.7. The molecule has 1 atom stereocenters. The second-order valence-corrected chi connectivity index (χ2v) is 6.87. The van der Waals surface area contributed by atoms with Crippen LogP contribution in [0.4, 0.5) is 0 Å². The molecule has 20 heavy (non-hydrogen) atoms. The summed E-state index contributed by atoms with van der Waals surface area (Å²) in [6.07, 6.45) is 5.31. The number of halogens is 2. The Kier molecular flexibility index (Phi) is 3.23. The molecular weight excluding hydrogens is 435 g/mol. The molecule has 0 saturated carbocycles. The number of rotatable bonds is 1. The van der Waals surface area contributed by atoms with Gasteiger partial charge < -0.3 is 4.74 Å². The van der Waals surface area contributed by atoms with Gasteiger partial charge in [-0.15, -0.1) is 5.10 Å². The van der Waals surface area contributed by atoms with Crippen LogP contribution in [0.15, 0.2) is 22.8 Å². The molecule has 1 aliphatic heterocycles. The smallest absolute Gasteiger partial charge is 0.184 e. The highest BCUT2D eigenvalue weighted by Gasteiger charge is 2.23. The van der Waals surface area contributed by atoms with Gasteiger partial charge in [-0.3, -0.25) is 0 Å². The van der Waals surface area contributed by atoms with Gasteiger partial charge in [0.1, 0.15) is 3.70 Å². The van der Waals surface area contributed by atoms with Gasteiger partial charge in [0.25, 0.3) is 0 Å². The Hall–Kier alpha value is -0.670. The van der Waals surface area contributed by atoms with Crippen molar-refractivity contribution in [2.75, 3.05) is 6.61 Å². The average Bonchev–Trinajstić information content (AvgIpc) is 2.97. The highest BCUT2D eigenvalue weighted by molar-refractivity contribution is 14.1. The van der Waals surface area contributed by atoms with Crippen molar-refractivity contribution in [2.24, 2.45) is 0 Å². The molecule has 0 aromatic carbocycles. The SMILES string of the molecule is Brc1ccc2c3c(I)nn(C4CCCCO4)c3nn2c1. The summed E-state index contributed by atoms with van der Waals surface area (Å²) in [6, 6.07) is 4.09. The van der Waals surface area contributed by atoms with Crippen LogP contribution in [0.25, 0.3) is 16.6 Å². The van der Waals surface area contributed by atoms with Gasteiger partial charge in [0.2, 0.25) is 0 Å². The lowest BCUT2D eigenvalue weighted by Crippen LogP contribution is -2.19. The second-order valence-electron chi connectivity index (χ2n) is 4.93. The fourth-order valence-electron chi connectivity index (χ4n) is 2.68. The maximum absolute atomic E-state index is 5.84. The number of nitrogens with zero attached hydrogens (tertiary/aromatic N) is 4. The Morgan fingerprint density at radius 2 is 2.20 bits per heavy atom. The van der Waals surface area contributed by atoms with Crippen LogP contribution in [0.5, 0.6) is 0 Å². The van der Waals surface area contributed by atoms with Gasteiger partial charge in [-0.1, -0.05) is 0 Å². The Morgan fingerprint density at radius 3 is 3.00 bits per heavy atom. The highest BCUT2D eigenvalue weighted by Crippen LogP contribution is 2.31. The van der Waals surface area contributed by atoms with Crippen molar-refractivity contribution >= 4 is 55.1 Å². The molecule has 1 unspecified atom stereocenters. The Balaban J connectivity index is 1.95. The first-order valence-corrected chi connectivity index (χ1v) is 8.44. The van der Waals surface area contributed by atoms with Gasteiger partial charge in [0, 0.05) is 17.3 Å². The molecule has 4 heterocycles. The molecule has 0 spiro atoms. The normalized spacial score (nSPS) is 20.0. The molecule has 3 aromatic rings. The molecule has 7 heteroatoms. The minimum atomic E-state index is 0.0168. The predicted molar refractivity (Wildman–Crippen MR) is 87.7 cm³/mol. The topological polar surface area (TPSA) is 44.3 Å². The first-order chi connectivity index (χ1) is 9.74. The highest BCUT2D eigenvalue weighted by atomic mass is 127. The first kappa shape index (κ1) is 13.0. The van der Waals surface area contributed by atoms with Crippen molar-refractivity contribution in [3.63, 3.8) is 0 Å². The fourth-order valence-corrected chi connectivity index (χ4v) is 3.76. The summed E-state index contributed by atoms with van der Waals surface area (Å²) in [5.74, 6) is 0. The Bertz CT molecular complexity index is 790. The zero-order valence-electron chi connectivity index (χ0n) is 10.6. The van der Waals surface area contributed by atoms with Crippen LogP contribution in [0.3, 0.4) is 0 Å². The van der Waals surface area contributed by atoms with E-state index < -0.39 is 0 Å². The van der Waals surface area contributed by atoms with E-state index in [1.165, 1.54) is 6.42 Å². The van der Waals surface area contributed by atoms with Crippen molar-refractivity contribution in [3.05, 3.63) is 26.5 Å². The molecule has 0 N–H and O–H groups in total. The average molecular weight is 447 g/mol. The largest absolute Gasteiger partial charge is 0.356 e. The summed E-state index contributed by atoms with van der Waals surface area (Å²) in [5.41, 5.74) is 1.98. The van der Waals surface area contributed by atoms with Crippen molar-refractivity contribution in [3.8, 4) is 0 Å². The Morgan fingerprint density at radius 1 is 1.30 bits per heavy atom. The molecular formula is C13H12BrIN4O. The first-order valence-electron chi connectivity index (χ1n) is 6.57. The predicted octanol–water partition coefficient (Wildman–Crippen LogP) is 3.75. The summed E-state index contributed by atoms with van der Waals surface area (Å²) >= 11 is 5.76. The van der Waals surface area contributed by atoms with Crippen molar-refractivity contribution in [2.45, 2.75) is 25.5 Å². The van der Waals surface area contributed by atoms with Crippen LogP contribution < -0.4 is 0 Å². The van der Waals surface area contributed by atoms with Gasteiger partial charge in [0.15, 0.2) is 11.9 Å². The number of fused-ring (bicyclic) bond motifs is 3. The van der Waals surface area contributed by atoms with Crippen molar-refractivity contribution in [1.82, 2.24) is 19.4 Å². The van der Waals surface area contributed by atoms with E-state index in [1.54, 1.807) is 0 Å². The standard InChI is InChI=1S/C13H12BrIN4O/c14-8-4-5-9-11-12(15)16-19(10-3-1-2-6-20-10)13(11)17-18(9)7-8/h4-5,7,10H,1-3,6H2. The van der Waals surface area contributed by atoms with Crippen LogP contribution in [0.1, 0.15) is 25.5 Å². The molecule has 0 amide bonds. The van der Waals surface area contributed by atoms with Crippen LogP contribution in [-0.2, 0) is 4.74 Å². The number of aromatic nitrogens is 4. The zero-order valence-corrected chi connectivity index (χ0v) is 14.3. The molecule has 0 aliphatic carbocycles. The third-order valence-electron chi connectivity index (χ3n) is 3.62. The number of hydrogen-bond acceptors (Lipinski definition) is 3.